The van der Waals surface area contributed by atoms with Gasteiger partial charge in [-0.25, -0.2) is 4.98 Å². The van der Waals surface area contributed by atoms with Gasteiger partial charge in [-0.15, -0.1) is 0 Å². The first-order valence-corrected chi connectivity index (χ1v) is 10.2. The number of H-pyrrole nitrogens is 1. The van der Waals surface area contributed by atoms with Crippen LogP contribution in [0.15, 0.2) is 12.5 Å². The Morgan fingerprint density at radius 1 is 1.21 bits per heavy atom. The molecule has 2 N–H and O–H groups in total. The second-order valence-corrected chi connectivity index (χ2v) is 8.21. The molecular formula is C21H41N3. The van der Waals surface area contributed by atoms with Crippen molar-refractivity contribution in [1.82, 2.24) is 15.3 Å². The van der Waals surface area contributed by atoms with E-state index in [4.69, 9.17) is 0 Å². The van der Waals surface area contributed by atoms with Gasteiger partial charge in [0.25, 0.3) is 0 Å². The fraction of sp³-hybridized carbons (Fsp3) is 0.857. The summed E-state index contributed by atoms with van der Waals surface area (Å²) in [6.45, 7) is 14.1. The number of nitrogens with one attached hydrogen (secondary N) is 2. The van der Waals surface area contributed by atoms with Gasteiger partial charge in [-0.2, -0.15) is 0 Å². The van der Waals surface area contributed by atoms with E-state index in [0.717, 1.165) is 25.4 Å². The van der Waals surface area contributed by atoms with Crippen LogP contribution in [0, 0.1) is 17.3 Å². The zero-order valence-corrected chi connectivity index (χ0v) is 16.8. The smallest absolute Gasteiger partial charge is 0.0923 e. The van der Waals surface area contributed by atoms with Crippen molar-refractivity contribution in [2.45, 2.75) is 86.0 Å². The fourth-order valence-corrected chi connectivity index (χ4v) is 3.87. The number of hydrogen-bond acceptors (Lipinski definition) is 2. The Kier molecular flexibility index (Phi) is 10.3. The Balaban J connectivity index is 2.29. The summed E-state index contributed by atoms with van der Waals surface area (Å²) in [5.41, 5.74) is 1.73. The third-order valence-corrected chi connectivity index (χ3v) is 5.42. The minimum Gasteiger partial charge on any atom is -0.351 e. The highest BCUT2D eigenvalue weighted by Crippen LogP contribution is 2.38. The lowest BCUT2D eigenvalue weighted by molar-refractivity contribution is 0.173. The summed E-state index contributed by atoms with van der Waals surface area (Å²) in [6.07, 6.45) is 14.2. The van der Waals surface area contributed by atoms with Gasteiger partial charge in [-0.1, -0.05) is 53.9 Å². The third kappa shape index (κ3) is 8.32. The molecule has 0 aliphatic carbocycles. The maximum absolute atomic E-state index is 4.31. The second-order valence-electron chi connectivity index (χ2n) is 8.21. The number of nitrogens with zero attached hydrogens (tertiary/aromatic N) is 1. The Labute approximate surface area is 150 Å². The molecule has 1 rings (SSSR count). The van der Waals surface area contributed by atoms with Crippen LogP contribution in [0.25, 0.3) is 0 Å². The average molecular weight is 336 g/mol. The predicted octanol–water partition coefficient (Wildman–Crippen LogP) is 5.59. The molecule has 1 aromatic heterocycles. The number of hydrogen-bond donors (Lipinski definition) is 2. The minimum absolute atomic E-state index is 0.551. The largest absolute Gasteiger partial charge is 0.351 e. The monoisotopic (exact) mass is 335 g/mol. The molecule has 0 saturated heterocycles. The van der Waals surface area contributed by atoms with Crippen molar-refractivity contribution < 1.29 is 0 Å². The maximum Gasteiger partial charge on any atom is 0.0923 e. The van der Waals surface area contributed by atoms with Crippen LogP contribution in [0.5, 0.6) is 0 Å². The zero-order chi connectivity index (χ0) is 17.8. The quantitative estimate of drug-likeness (QED) is 0.435. The predicted molar refractivity (Wildman–Crippen MR) is 105 cm³/mol. The molecule has 1 aromatic rings. The molecule has 140 valence electrons. The van der Waals surface area contributed by atoms with Gasteiger partial charge < -0.3 is 10.3 Å². The molecule has 0 saturated carbocycles. The van der Waals surface area contributed by atoms with E-state index < -0.39 is 0 Å². The summed E-state index contributed by atoms with van der Waals surface area (Å²) in [7, 11) is 0. The molecule has 0 bridgehead atoms. The minimum atomic E-state index is 0.551. The first kappa shape index (κ1) is 21.2. The van der Waals surface area contributed by atoms with E-state index in [1.165, 1.54) is 50.6 Å². The maximum atomic E-state index is 4.31. The number of aromatic nitrogens is 2. The van der Waals surface area contributed by atoms with Crippen LogP contribution in [-0.2, 0) is 6.42 Å². The van der Waals surface area contributed by atoms with E-state index >= 15 is 0 Å². The molecule has 0 spiro atoms. The van der Waals surface area contributed by atoms with Crippen molar-refractivity contribution in [3.63, 3.8) is 0 Å². The van der Waals surface area contributed by atoms with Crippen LogP contribution >= 0.6 is 0 Å². The van der Waals surface area contributed by atoms with Crippen LogP contribution in [0.4, 0.5) is 0 Å². The Bertz CT molecular complexity index is 399. The van der Waals surface area contributed by atoms with Crippen LogP contribution in [0.2, 0.25) is 0 Å². The lowest BCUT2D eigenvalue weighted by Gasteiger charge is -2.35. The lowest BCUT2D eigenvalue weighted by atomic mass is 9.72. The molecule has 3 nitrogen and oxygen atoms in total. The van der Waals surface area contributed by atoms with Crippen LogP contribution < -0.4 is 5.32 Å². The lowest BCUT2D eigenvalue weighted by Crippen LogP contribution is -2.30. The first-order chi connectivity index (χ1) is 11.5. The molecule has 1 heterocycles. The second kappa shape index (κ2) is 11.7. The highest BCUT2D eigenvalue weighted by Gasteiger charge is 2.27. The third-order valence-electron chi connectivity index (χ3n) is 5.42. The summed E-state index contributed by atoms with van der Waals surface area (Å²) >= 11 is 0. The zero-order valence-electron chi connectivity index (χ0n) is 16.8. The molecule has 0 fully saturated rings. The van der Waals surface area contributed by atoms with E-state index in [2.05, 4.69) is 49.9 Å². The van der Waals surface area contributed by atoms with Gasteiger partial charge in [0.1, 0.15) is 0 Å². The van der Waals surface area contributed by atoms with Crippen molar-refractivity contribution in [2.24, 2.45) is 17.3 Å². The molecule has 0 aliphatic heterocycles. The van der Waals surface area contributed by atoms with E-state index in [0.29, 0.717) is 11.3 Å². The van der Waals surface area contributed by atoms with E-state index in [-0.39, 0.29) is 0 Å². The topological polar surface area (TPSA) is 40.7 Å². The van der Waals surface area contributed by atoms with Crippen molar-refractivity contribution >= 4 is 0 Å². The average Bonchev–Trinajstić information content (AvgIpc) is 3.07. The van der Waals surface area contributed by atoms with Gasteiger partial charge >= 0.3 is 0 Å². The molecule has 2 unspecified atom stereocenters. The summed E-state index contributed by atoms with van der Waals surface area (Å²) in [5, 5.41) is 3.73. The van der Waals surface area contributed by atoms with Crippen molar-refractivity contribution in [3.05, 3.63) is 18.2 Å². The highest BCUT2D eigenvalue weighted by molar-refractivity contribution is 4.94. The van der Waals surface area contributed by atoms with Crippen LogP contribution in [0.3, 0.4) is 0 Å². The van der Waals surface area contributed by atoms with Gasteiger partial charge in [0.2, 0.25) is 0 Å². The molecule has 0 aromatic carbocycles. The molecule has 0 amide bonds. The SMILES string of the molecule is CCCCC(CC)(CCNCC(C)CCc1c[nH]cn1)CC(C)C. The Hall–Kier alpha value is -0.830. The van der Waals surface area contributed by atoms with E-state index in [1.807, 2.05) is 6.20 Å². The van der Waals surface area contributed by atoms with Crippen molar-refractivity contribution in [3.8, 4) is 0 Å². The summed E-state index contributed by atoms with van der Waals surface area (Å²) < 4.78 is 0. The van der Waals surface area contributed by atoms with Crippen LogP contribution in [-0.4, -0.2) is 23.1 Å². The highest BCUT2D eigenvalue weighted by atomic mass is 14.9. The Morgan fingerprint density at radius 2 is 2.00 bits per heavy atom. The van der Waals surface area contributed by atoms with Gasteiger partial charge in [0.15, 0.2) is 0 Å². The molecule has 2 atom stereocenters. The number of unbranched alkanes of at least 4 members (excludes halogenated alkanes) is 1. The molecule has 3 heteroatoms. The normalized spacial score (nSPS) is 15.6. The molecule has 0 aliphatic rings. The van der Waals surface area contributed by atoms with Gasteiger partial charge in [-0.3, -0.25) is 0 Å². The number of imidazole rings is 1. The molecular weight excluding hydrogens is 294 g/mol. The number of rotatable bonds is 14. The molecule has 0 radical (unpaired) electrons. The van der Waals surface area contributed by atoms with Gasteiger partial charge in [0.05, 0.1) is 12.0 Å². The van der Waals surface area contributed by atoms with Crippen molar-refractivity contribution in [2.75, 3.05) is 13.1 Å². The summed E-state index contributed by atoms with van der Waals surface area (Å²) in [5.74, 6) is 1.51. The number of aryl methyl sites for hydroxylation is 1. The van der Waals surface area contributed by atoms with Crippen LogP contribution in [0.1, 0.15) is 85.3 Å². The van der Waals surface area contributed by atoms with E-state index in [9.17, 15) is 0 Å². The fourth-order valence-electron chi connectivity index (χ4n) is 3.87. The molecule has 24 heavy (non-hydrogen) atoms. The Morgan fingerprint density at radius 3 is 2.58 bits per heavy atom. The first-order valence-electron chi connectivity index (χ1n) is 10.2. The van der Waals surface area contributed by atoms with Gasteiger partial charge in [0, 0.05) is 6.20 Å². The summed E-state index contributed by atoms with van der Waals surface area (Å²) in [4.78, 5) is 7.34. The van der Waals surface area contributed by atoms with Gasteiger partial charge in [-0.05, 0) is 62.4 Å². The summed E-state index contributed by atoms with van der Waals surface area (Å²) in [6, 6.07) is 0. The number of aromatic amines is 1. The van der Waals surface area contributed by atoms with Crippen molar-refractivity contribution in [1.29, 1.82) is 0 Å². The standard InChI is InChI=1S/C21H41N3/c1-6-8-11-21(7-2,14-18(3)4)12-13-22-15-19(5)9-10-20-16-23-17-24-20/h16-19,22H,6-15H2,1-5H3,(H,23,24). The van der Waals surface area contributed by atoms with E-state index in [1.54, 1.807) is 6.33 Å².